The van der Waals surface area contributed by atoms with Crippen LogP contribution >= 0.6 is 11.8 Å². The normalized spacial score (nSPS) is 20.0. The lowest BCUT2D eigenvalue weighted by Gasteiger charge is -2.11. The van der Waals surface area contributed by atoms with Gasteiger partial charge in [-0.2, -0.15) is 4.98 Å². The van der Waals surface area contributed by atoms with Crippen molar-refractivity contribution >= 4 is 11.8 Å². The van der Waals surface area contributed by atoms with E-state index in [0.29, 0.717) is 12.4 Å². The minimum absolute atomic E-state index is 0.00652. The van der Waals surface area contributed by atoms with Gasteiger partial charge in [-0.05, 0) is 30.2 Å². The zero-order valence-corrected chi connectivity index (χ0v) is 12.9. The molecule has 0 saturated carbocycles. The Hall–Kier alpha value is -1.48. The summed E-state index contributed by atoms with van der Waals surface area (Å²) in [6.45, 7) is 5.51. The molecule has 9 heteroatoms. The largest absolute Gasteiger partial charge is 0.376 e. The lowest BCUT2D eigenvalue weighted by atomic mass is 10.2. The van der Waals surface area contributed by atoms with Crippen molar-refractivity contribution in [1.29, 1.82) is 0 Å². The quantitative estimate of drug-likeness (QED) is 0.744. The summed E-state index contributed by atoms with van der Waals surface area (Å²) >= 11 is 1.51. The highest BCUT2D eigenvalue weighted by Crippen LogP contribution is 2.32. The van der Waals surface area contributed by atoms with Crippen molar-refractivity contribution in [2.24, 2.45) is 0 Å². The smallest absolute Gasteiger partial charge is 0.239 e. The van der Waals surface area contributed by atoms with Gasteiger partial charge in [-0.25, -0.2) is 4.68 Å². The first kappa shape index (κ1) is 14.5. The van der Waals surface area contributed by atoms with Crippen LogP contribution in [0.3, 0.4) is 0 Å². The van der Waals surface area contributed by atoms with E-state index in [9.17, 15) is 0 Å². The van der Waals surface area contributed by atoms with Crippen molar-refractivity contribution in [2.45, 2.75) is 56.2 Å². The first-order valence-electron chi connectivity index (χ1n) is 7.13. The fourth-order valence-electron chi connectivity index (χ4n) is 2.16. The van der Waals surface area contributed by atoms with Crippen LogP contribution in [0.25, 0.3) is 0 Å². The summed E-state index contributed by atoms with van der Waals surface area (Å²) in [6, 6.07) is 0. The Morgan fingerprint density at radius 2 is 2.38 bits per heavy atom. The third-order valence-electron chi connectivity index (χ3n) is 3.33. The Morgan fingerprint density at radius 3 is 3.10 bits per heavy atom. The summed E-state index contributed by atoms with van der Waals surface area (Å²) < 4.78 is 12.7. The van der Waals surface area contributed by atoms with Crippen molar-refractivity contribution in [3.63, 3.8) is 0 Å². The van der Waals surface area contributed by atoms with Crippen LogP contribution in [0.5, 0.6) is 0 Å². The van der Waals surface area contributed by atoms with Crippen LogP contribution in [-0.4, -0.2) is 43.1 Å². The minimum Gasteiger partial charge on any atom is -0.376 e. The highest BCUT2D eigenvalue weighted by atomic mass is 32.2. The molecule has 0 aromatic carbocycles. The topological polar surface area (TPSA) is 91.8 Å². The second-order valence-corrected chi connectivity index (χ2v) is 6.25. The number of hydrogen-bond donors (Lipinski definition) is 0. The Kier molecular flexibility index (Phi) is 4.49. The van der Waals surface area contributed by atoms with Crippen molar-refractivity contribution in [1.82, 2.24) is 30.3 Å². The number of hydrogen-bond acceptors (Lipinski definition) is 8. The Labute approximate surface area is 126 Å². The molecule has 3 rings (SSSR count). The van der Waals surface area contributed by atoms with Gasteiger partial charge >= 0.3 is 0 Å². The molecule has 1 saturated heterocycles. The molecule has 0 amide bonds. The number of aryl methyl sites for hydroxylation is 1. The van der Waals surface area contributed by atoms with Crippen molar-refractivity contribution in [2.75, 3.05) is 6.61 Å². The third-order valence-corrected chi connectivity index (χ3v) is 4.39. The fourth-order valence-corrected chi connectivity index (χ4v) is 2.99. The van der Waals surface area contributed by atoms with Crippen molar-refractivity contribution in [3.05, 3.63) is 11.7 Å². The molecule has 0 N–H and O–H groups in total. The van der Waals surface area contributed by atoms with Gasteiger partial charge in [0.1, 0.15) is 0 Å². The number of ether oxygens (including phenoxy) is 1. The van der Waals surface area contributed by atoms with Gasteiger partial charge in [0.2, 0.25) is 11.0 Å². The predicted octanol–water partition coefficient (Wildman–Crippen LogP) is 1.65. The number of thioether (sulfide) groups is 1. The maximum atomic E-state index is 5.62. The van der Waals surface area contributed by atoms with Crippen LogP contribution in [0.4, 0.5) is 0 Å². The van der Waals surface area contributed by atoms with Gasteiger partial charge in [-0.1, -0.05) is 23.8 Å². The molecule has 2 atom stereocenters. The molecule has 0 radical (unpaired) electrons. The van der Waals surface area contributed by atoms with Crippen LogP contribution in [0.1, 0.15) is 43.7 Å². The molecule has 0 spiro atoms. The van der Waals surface area contributed by atoms with Gasteiger partial charge in [0.05, 0.1) is 17.9 Å². The Balaban J connectivity index is 1.65. The van der Waals surface area contributed by atoms with E-state index in [-0.39, 0.29) is 11.4 Å². The average Bonchev–Trinajstić information content (AvgIpc) is 3.21. The molecule has 3 heterocycles. The molecule has 2 aromatic rings. The summed E-state index contributed by atoms with van der Waals surface area (Å²) in [5.41, 5.74) is 0. The minimum atomic E-state index is 0.00652. The predicted molar refractivity (Wildman–Crippen MR) is 74.7 cm³/mol. The molecule has 0 aliphatic carbocycles. The lowest BCUT2D eigenvalue weighted by molar-refractivity contribution is 0.0911. The SMILES string of the molecule is CCc1noc(C(C)Sc2nnnn2CC2CCCO2)n1. The third kappa shape index (κ3) is 3.41. The molecule has 0 bridgehead atoms. The van der Waals surface area contributed by atoms with E-state index in [1.807, 2.05) is 13.8 Å². The van der Waals surface area contributed by atoms with Crippen LogP contribution in [-0.2, 0) is 17.7 Å². The standard InChI is InChI=1S/C12H18N6O2S/c1-3-10-13-11(20-15-10)8(2)21-12-14-16-17-18(12)7-9-5-4-6-19-9/h8-9H,3-7H2,1-2H3. The van der Waals surface area contributed by atoms with Crippen molar-refractivity contribution in [3.8, 4) is 0 Å². The molecule has 1 aliphatic heterocycles. The fraction of sp³-hybridized carbons (Fsp3) is 0.750. The molecule has 2 aromatic heterocycles. The summed E-state index contributed by atoms with van der Waals surface area (Å²) in [5, 5.41) is 16.5. The first-order chi connectivity index (χ1) is 10.3. The molecule has 1 fully saturated rings. The van der Waals surface area contributed by atoms with Crippen LogP contribution in [0, 0.1) is 0 Å². The van der Waals surface area contributed by atoms with Crippen LogP contribution < -0.4 is 0 Å². The highest BCUT2D eigenvalue weighted by molar-refractivity contribution is 7.99. The van der Waals surface area contributed by atoms with E-state index in [1.54, 1.807) is 4.68 Å². The van der Waals surface area contributed by atoms with Gasteiger partial charge in [-0.3, -0.25) is 0 Å². The average molecular weight is 310 g/mol. The van der Waals surface area contributed by atoms with Gasteiger partial charge in [0.25, 0.3) is 0 Å². The number of aromatic nitrogens is 6. The Bertz CT molecular complexity index is 580. The molecule has 21 heavy (non-hydrogen) atoms. The lowest BCUT2D eigenvalue weighted by Crippen LogP contribution is -2.17. The molecule has 8 nitrogen and oxygen atoms in total. The molecule has 1 aliphatic rings. The number of tetrazole rings is 1. The van der Waals surface area contributed by atoms with E-state index < -0.39 is 0 Å². The van der Waals surface area contributed by atoms with Crippen molar-refractivity contribution < 1.29 is 9.26 Å². The Morgan fingerprint density at radius 1 is 1.48 bits per heavy atom. The van der Waals surface area contributed by atoms with Gasteiger partial charge in [0, 0.05) is 13.0 Å². The summed E-state index contributed by atoms with van der Waals surface area (Å²) in [4.78, 5) is 4.34. The van der Waals surface area contributed by atoms with Gasteiger partial charge in [0.15, 0.2) is 5.82 Å². The van der Waals surface area contributed by atoms with Gasteiger partial charge in [-0.15, -0.1) is 5.10 Å². The number of rotatable bonds is 6. The van der Waals surface area contributed by atoms with Gasteiger partial charge < -0.3 is 9.26 Å². The van der Waals surface area contributed by atoms with E-state index in [4.69, 9.17) is 9.26 Å². The zero-order valence-electron chi connectivity index (χ0n) is 12.1. The monoisotopic (exact) mass is 310 g/mol. The molecular formula is C12H18N6O2S. The summed E-state index contributed by atoms with van der Waals surface area (Å²) in [5.74, 6) is 1.32. The molecular weight excluding hydrogens is 292 g/mol. The van der Waals surface area contributed by atoms with E-state index in [0.717, 1.165) is 36.9 Å². The molecule has 2 unspecified atom stereocenters. The van der Waals surface area contributed by atoms with Crippen LogP contribution in [0.2, 0.25) is 0 Å². The summed E-state index contributed by atoms with van der Waals surface area (Å²) in [6.07, 6.45) is 3.13. The zero-order chi connectivity index (χ0) is 14.7. The second-order valence-electron chi connectivity index (χ2n) is 4.94. The van der Waals surface area contributed by atoms with E-state index >= 15 is 0 Å². The first-order valence-corrected chi connectivity index (χ1v) is 8.01. The highest BCUT2D eigenvalue weighted by Gasteiger charge is 2.22. The maximum absolute atomic E-state index is 5.62. The maximum Gasteiger partial charge on any atom is 0.239 e. The van der Waals surface area contributed by atoms with Crippen LogP contribution in [0.15, 0.2) is 9.68 Å². The summed E-state index contributed by atoms with van der Waals surface area (Å²) in [7, 11) is 0. The van der Waals surface area contributed by atoms with E-state index in [2.05, 4.69) is 25.7 Å². The molecule has 114 valence electrons. The van der Waals surface area contributed by atoms with E-state index in [1.165, 1.54) is 11.8 Å². The number of nitrogens with zero attached hydrogens (tertiary/aromatic N) is 6. The second kappa shape index (κ2) is 6.52.